The quantitative estimate of drug-likeness (QED) is 0.865. The highest BCUT2D eigenvalue weighted by Crippen LogP contribution is 2.26. The third kappa shape index (κ3) is 3.96. The number of benzene rings is 1. The van der Waals surface area contributed by atoms with Crippen LogP contribution in [-0.2, 0) is 4.79 Å². The van der Waals surface area contributed by atoms with E-state index in [2.05, 4.69) is 15.9 Å². The van der Waals surface area contributed by atoms with Crippen LogP contribution < -0.4 is 4.74 Å². The lowest BCUT2D eigenvalue weighted by molar-refractivity contribution is -0.157. The molecule has 110 valence electrons. The van der Waals surface area contributed by atoms with E-state index in [1.807, 2.05) is 31.2 Å². The second-order valence-corrected chi connectivity index (χ2v) is 6.19. The van der Waals surface area contributed by atoms with Gasteiger partial charge in [-0.25, -0.2) is 0 Å². The molecule has 1 heterocycles. The summed E-state index contributed by atoms with van der Waals surface area (Å²) in [6.45, 7) is 3.31. The molecule has 0 aromatic heterocycles. The Bertz CT molecular complexity index is 455. The minimum Gasteiger partial charge on any atom is -0.493 e. The first kappa shape index (κ1) is 15.3. The minimum absolute atomic E-state index is 0.0443. The lowest BCUT2D eigenvalue weighted by Gasteiger charge is -2.46. The Kier molecular flexibility index (Phi) is 5.05. The highest BCUT2D eigenvalue weighted by atomic mass is 79.9. The van der Waals surface area contributed by atoms with Crippen LogP contribution in [0.4, 0.5) is 0 Å². The van der Waals surface area contributed by atoms with Gasteiger partial charge in [-0.15, -0.1) is 0 Å². The van der Waals surface area contributed by atoms with Crippen LogP contribution in [0.2, 0.25) is 0 Å². The fraction of sp³-hybridized carbons (Fsp3) is 0.533. The highest BCUT2D eigenvalue weighted by molar-refractivity contribution is 9.10. The van der Waals surface area contributed by atoms with Gasteiger partial charge in [-0.1, -0.05) is 29.3 Å². The second-order valence-electron chi connectivity index (χ2n) is 5.28. The number of carbonyl (C=O) groups is 1. The zero-order valence-corrected chi connectivity index (χ0v) is 13.2. The summed E-state index contributed by atoms with van der Waals surface area (Å²) in [5.41, 5.74) is -0.656. The van der Waals surface area contributed by atoms with Gasteiger partial charge in [0.05, 0.1) is 31.7 Å². The first-order valence-corrected chi connectivity index (χ1v) is 7.70. The van der Waals surface area contributed by atoms with Gasteiger partial charge in [0.1, 0.15) is 5.75 Å². The third-order valence-corrected chi connectivity index (χ3v) is 3.97. The van der Waals surface area contributed by atoms with Crippen molar-refractivity contribution in [1.29, 1.82) is 0 Å². The van der Waals surface area contributed by atoms with Crippen LogP contribution in [0.25, 0.3) is 0 Å². The zero-order valence-electron chi connectivity index (χ0n) is 11.6. The highest BCUT2D eigenvalue weighted by Gasteiger charge is 2.42. The normalized spacial score (nSPS) is 16.6. The predicted octanol–water partition coefficient (Wildman–Crippen LogP) is 2.59. The molecule has 0 saturated carbocycles. The van der Waals surface area contributed by atoms with Gasteiger partial charge < -0.3 is 14.7 Å². The topological polar surface area (TPSA) is 49.8 Å². The molecule has 0 unspecified atom stereocenters. The summed E-state index contributed by atoms with van der Waals surface area (Å²) in [5, 5.41) is 10.0. The van der Waals surface area contributed by atoms with Gasteiger partial charge >= 0.3 is 0 Å². The Morgan fingerprint density at radius 3 is 2.65 bits per heavy atom. The van der Waals surface area contributed by atoms with E-state index in [1.54, 1.807) is 4.90 Å². The van der Waals surface area contributed by atoms with Crippen LogP contribution in [0.15, 0.2) is 28.7 Å². The van der Waals surface area contributed by atoms with Gasteiger partial charge in [-0.3, -0.25) is 4.79 Å². The number of aliphatic hydroxyl groups is 1. The Morgan fingerprint density at radius 1 is 1.40 bits per heavy atom. The van der Waals surface area contributed by atoms with Gasteiger partial charge in [0.2, 0.25) is 5.91 Å². The van der Waals surface area contributed by atoms with Crippen LogP contribution in [0.1, 0.15) is 26.2 Å². The molecule has 20 heavy (non-hydrogen) atoms. The molecule has 1 aliphatic heterocycles. The average molecular weight is 342 g/mol. The molecule has 0 atom stereocenters. The monoisotopic (exact) mass is 341 g/mol. The zero-order chi connectivity index (χ0) is 14.6. The maximum Gasteiger partial charge on any atom is 0.226 e. The third-order valence-electron chi connectivity index (χ3n) is 3.44. The van der Waals surface area contributed by atoms with E-state index in [4.69, 9.17) is 4.74 Å². The van der Waals surface area contributed by atoms with Crippen LogP contribution in [0, 0.1) is 0 Å². The van der Waals surface area contributed by atoms with Crippen molar-refractivity contribution in [2.24, 2.45) is 0 Å². The smallest absolute Gasteiger partial charge is 0.226 e. The number of β-amino-alcohol motifs (C(OH)–C–C–N with tert-alkyl or cyclic N) is 1. The van der Waals surface area contributed by atoms with Crippen molar-refractivity contribution in [1.82, 2.24) is 4.90 Å². The van der Waals surface area contributed by atoms with E-state index < -0.39 is 5.60 Å². The van der Waals surface area contributed by atoms with Crippen LogP contribution >= 0.6 is 15.9 Å². The number of nitrogens with zero attached hydrogens (tertiary/aromatic N) is 1. The molecule has 0 aliphatic carbocycles. The molecule has 0 spiro atoms. The lowest BCUT2D eigenvalue weighted by atomic mass is 9.89. The molecule has 1 aliphatic rings. The average Bonchev–Trinajstić information content (AvgIpc) is 2.38. The van der Waals surface area contributed by atoms with Crippen LogP contribution in [0.5, 0.6) is 5.75 Å². The van der Waals surface area contributed by atoms with Crippen molar-refractivity contribution >= 4 is 21.8 Å². The number of hydrogen-bond donors (Lipinski definition) is 1. The van der Waals surface area contributed by atoms with E-state index in [9.17, 15) is 9.90 Å². The fourth-order valence-corrected chi connectivity index (χ4v) is 2.67. The molecule has 1 fully saturated rings. The SMILES string of the molecule is CCCC1(O)CN(C(=O)CCOc2ccc(Br)cc2)C1. The number of halogens is 1. The van der Waals surface area contributed by atoms with Crippen molar-refractivity contribution in [2.75, 3.05) is 19.7 Å². The molecule has 1 aromatic carbocycles. The van der Waals surface area contributed by atoms with E-state index in [0.717, 1.165) is 23.1 Å². The Morgan fingerprint density at radius 2 is 2.05 bits per heavy atom. The van der Waals surface area contributed by atoms with Crippen LogP contribution in [-0.4, -0.2) is 41.2 Å². The number of rotatable bonds is 6. The summed E-state index contributed by atoms with van der Waals surface area (Å²) >= 11 is 3.36. The number of carbonyl (C=O) groups excluding carboxylic acids is 1. The first-order chi connectivity index (χ1) is 9.52. The van der Waals surface area contributed by atoms with Gasteiger partial charge in [0.15, 0.2) is 0 Å². The molecule has 1 amide bonds. The van der Waals surface area contributed by atoms with E-state index in [1.165, 1.54) is 0 Å². The minimum atomic E-state index is -0.656. The Labute approximate surface area is 127 Å². The van der Waals surface area contributed by atoms with Crippen molar-refractivity contribution in [3.8, 4) is 5.75 Å². The first-order valence-electron chi connectivity index (χ1n) is 6.91. The standard InChI is InChI=1S/C15H20BrNO3/c1-2-8-15(19)10-17(11-15)14(18)7-9-20-13-5-3-12(16)4-6-13/h3-6,19H,2,7-11H2,1H3. The molecule has 2 rings (SSSR count). The predicted molar refractivity (Wildman–Crippen MR) is 80.7 cm³/mol. The molecular formula is C15H20BrNO3. The largest absolute Gasteiger partial charge is 0.493 e. The molecule has 0 bridgehead atoms. The van der Waals surface area contributed by atoms with Crippen molar-refractivity contribution in [2.45, 2.75) is 31.8 Å². The Balaban J connectivity index is 1.68. The van der Waals surface area contributed by atoms with E-state index >= 15 is 0 Å². The van der Waals surface area contributed by atoms with Crippen molar-refractivity contribution < 1.29 is 14.6 Å². The lowest BCUT2D eigenvalue weighted by Crippen LogP contribution is -2.63. The van der Waals surface area contributed by atoms with Gasteiger partial charge in [0, 0.05) is 4.47 Å². The van der Waals surface area contributed by atoms with Gasteiger partial charge in [-0.05, 0) is 30.7 Å². The van der Waals surface area contributed by atoms with Gasteiger partial charge in [-0.2, -0.15) is 0 Å². The number of amides is 1. The maximum absolute atomic E-state index is 11.9. The second kappa shape index (κ2) is 6.59. The van der Waals surface area contributed by atoms with Crippen molar-refractivity contribution in [3.63, 3.8) is 0 Å². The molecule has 1 saturated heterocycles. The summed E-state index contributed by atoms with van der Waals surface area (Å²) < 4.78 is 6.52. The number of likely N-dealkylation sites (tertiary alicyclic amines) is 1. The molecule has 4 nitrogen and oxygen atoms in total. The van der Waals surface area contributed by atoms with E-state index in [-0.39, 0.29) is 5.91 Å². The number of ether oxygens (including phenoxy) is 1. The molecule has 1 N–H and O–H groups in total. The summed E-state index contributed by atoms with van der Waals surface area (Å²) in [6, 6.07) is 7.52. The molecule has 1 aromatic rings. The van der Waals surface area contributed by atoms with Gasteiger partial charge in [0.25, 0.3) is 0 Å². The fourth-order valence-electron chi connectivity index (χ4n) is 2.41. The molecule has 0 radical (unpaired) electrons. The summed E-state index contributed by atoms with van der Waals surface area (Å²) in [5.74, 6) is 0.801. The van der Waals surface area contributed by atoms with Crippen LogP contribution in [0.3, 0.4) is 0 Å². The van der Waals surface area contributed by atoms with Crippen molar-refractivity contribution in [3.05, 3.63) is 28.7 Å². The Hall–Kier alpha value is -1.07. The molecule has 5 heteroatoms. The summed E-state index contributed by atoms with van der Waals surface area (Å²) in [4.78, 5) is 13.6. The maximum atomic E-state index is 11.9. The number of hydrogen-bond acceptors (Lipinski definition) is 3. The summed E-state index contributed by atoms with van der Waals surface area (Å²) in [7, 11) is 0. The van der Waals surface area contributed by atoms with E-state index in [0.29, 0.717) is 26.1 Å². The summed E-state index contributed by atoms with van der Waals surface area (Å²) in [6.07, 6.45) is 2.04. The molecular weight excluding hydrogens is 322 g/mol.